The van der Waals surface area contributed by atoms with Gasteiger partial charge in [0, 0.05) is 56.5 Å². The molecule has 1 N–H and O–H groups in total. The Hall–Kier alpha value is -2.37. The van der Waals surface area contributed by atoms with Crippen LogP contribution in [0.5, 0.6) is 0 Å². The highest BCUT2D eigenvalue weighted by Gasteiger charge is 2.22. The first kappa shape index (κ1) is 14.6. The van der Waals surface area contributed by atoms with Crippen LogP contribution in [0, 0.1) is 12.8 Å². The fraction of sp³-hybridized carbons (Fsp3) is 0.438. The van der Waals surface area contributed by atoms with Gasteiger partial charge in [-0.15, -0.1) is 0 Å². The molecule has 2 aromatic rings. The largest absolute Gasteiger partial charge is 0.335 e. The van der Waals surface area contributed by atoms with E-state index in [0.29, 0.717) is 5.92 Å². The average Bonchev–Trinajstić information content (AvgIpc) is 2.94. The van der Waals surface area contributed by atoms with E-state index < -0.39 is 0 Å². The molecule has 1 aliphatic rings. The Kier molecular flexibility index (Phi) is 4.09. The molecule has 0 radical (unpaired) electrons. The maximum Gasteiger partial charge on any atom is 0.321 e. The number of urea groups is 1. The Labute approximate surface area is 130 Å². The molecule has 0 bridgehead atoms. The summed E-state index contributed by atoms with van der Waals surface area (Å²) in [5.74, 6) is 1.58. The smallest absolute Gasteiger partial charge is 0.321 e. The van der Waals surface area contributed by atoms with E-state index in [4.69, 9.17) is 0 Å². The maximum absolute atomic E-state index is 12.3. The molecule has 1 unspecified atom stereocenters. The summed E-state index contributed by atoms with van der Waals surface area (Å²) in [4.78, 5) is 22.5. The highest BCUT2D eigenvalue weighted by Crippen LogP contribution is 2.20. The third-order valence-electron chi connectivity index (χ3n) is 4.08. The molecule has 22 heavy (non-hydrogen) atoms. The van der Waals surface area contributed by atoms with Crippen molar-refractivity contribution in [3.8, 4) is 0 Å². The first-order chi connectivity index (χ1) is 10.6. The number of hydrogen-bond acceptors (Lipinski definition) is 3. The topological polar surface area (TPSA) is 63.1 Å². The number of rotatable bonds is 3. The molecule has 3 rings (SSSR count). The van der Waals surface area contributed by atoms with E-state index in [-0.39, 0.29) is 6.03 Å². The molecule has 6 heteroatoms. The van der Waals surface area contributed by atoms with E-state index in [1.54, 1.807) is 17.2 Å². The SMILES string of the molecule is Cc1cc(NC(=O)N(C)CC2CCn3ccnc3C2)ccn1. The van der Waals surface area contributed by atoms with Gasteiger partial charge in [0.25, 0.3) is 0 Å². The molecule has 2 amide bonds. The predicted molar refractivity (Wildman–Crippen MR) is 84.7 cm³/mol. The number of nitrogens with zero attached hydrogens (tertiary/aromatic N) is 4. The predicted octanol–water partition coefficient (Wildman–Crippen LogP) is 2.31. The molecule has 3 heterocycles. The summed E-state index contributed by atoms with van der Waals surface area (Å²) in [5.41, 5.74) is 1.67. The minimum Gasteiger partial charge on any atom is -0.335 e. The van der Waals surface area contributed by atoms with Gasteiger partial charge in [0.05, 0.1) is 0 Å². The summed E-state index contributed by atoms with van der Waals surface area (Å²) in [7, 11) is 1.84. The summed E-state index contributed by atoms with van der Waals surface area (Å²) < 4.78 is 2.19. The van der Waals surface area contributed by atoms with Crippen molar-refractivity contribution in [3.05, 3.63) is 42.2 Å². The summed E-state index contributed by atoms with van der Waals surface area (Å²) in [5, 5.41) is 2.91. The molecule has 0 spiro atoms. The maximum atomic E-state index is 12.3. The van der Waals surface area contributed by atoms with Gasteiger partial charge in [0.15, 0.2) is 0 Å². The van der Waals surface area contributed by atoms with Gasteiger partial charge in [0.1, 0.15) is 5.82 Å². The van der Waals surface area contributed by atoms with Crippen LogP contribution in [0.1, 0.15) is 17.9 Å². The summed E-state index contributed by atoms with van der Waals surface area (Å²) in [6, 6.07) is 3.58. The Morgan fingerprint density at radius 2 is 2.32 bits per heavy atom. The van der Waals surface area contributed by atoms with Crippen LogP contribution < -0.4 is 5.32 Å². The minimum atomic E-state index is -0.0838. The number of amides is 2. The third kappa shape index (κ3) is 3.27. The fourth-order valence-corrected chi connectivity index (χ4v) is 2.88. The Balaban J connectivity index is 1.55. The van der Waals surface area contributed by atoms with Gasteiger partial charge in [-0.2, -0.15) is 0 Å². The Bertz CT molecular complexity index is 666. The standard InChI is InChI=1S/C16H21N5O/c1-12-9-14(3-5-17-12)19-16(22)20(2)11-13-4-7-21-8-6-18-15(21)10-13/h3,5-6,8-9,13H,4,7,10-11H2,1-2H3,(H,17,19,22). The number of hydrogen-bond donors (Lipinski definition) is 1. The van der Waals surface area contributed by atoms with Gasteiger partial charge in [-0.1, -0.05) is 0 Å². The van der Waals surface area contributed by atoms with Crippen molar-refractivity contribution < 1.29 is 4.79 Å². The molecule has 0 saturated carbocycles. The lowest BCUT2D eigenvalue weighted by molar-refractivity contribution is 0.207. The van der Waals surface area contributed by atoms with E-state index in [2.05, 4.69) is 19.9 Å². The molecule has 1 atom stereocenters. The number of imidazole rings is 1. The van der Waals surface area contributed by atoms with Crippen LogP contribution in [0.2, 0.25) is 0 Å². The molecular weight excluding hydrogens is 278 g/mol. The average molecular weight is 299 g/mol. The van der Waals surface area contributed by atoms with Gasteiger partial charge in [0.2, 0.25) is 0 Å². The molecule has 1 aliphatic heterocycles. The van der Waals surface area contributed by atoms with Gasteiger partial charge in [-0.25, -0.2) is 9.78 Å². The summed E-state index contributed by atoms with van der Waals surface area (Å²) in [6.07, 6.45) is 7.58. The lowest BCUT2D eigenvalue weighted by Gasteiger charge is -2.28. The number of pyridine rings is 1. The molecule has 0 saturated heterocycles. The van der Waals surface area contributed by atoms with E-state index in [1.807, 2.05) is 32.4 Å². The van der Waals surface area contributed by atoms with Crippen molar-refractivity contribution in [2.24, 2.45) is 5.92 Å². The minimum absolute atomic E-state index is 0.0838. The zero-order chi connectivity index (χ0) is 15.5. The van der Waals surface area contributed by atoms with Crippen LogP contribution >= 0.6 is 0 Å². The van der Waals surface area contributed by atoms with Crippen LogP contribution in [0.25, 0.3) is 0 Å². The lowest BCUT2D eigenvalue weighted by atomic mass is 9.97. The van der Waals surface area contributed by atoms with Crippen LogP contribution in [-0.4, -0.2) is 39.1 Å². The zero-order valence-electron chi connectivity index (χ0n) is 13.0. The molecule has 6 nitrogen and oxygen atoms in total. The number of aryl methyl sites for hydroxylation is 2. The van der Waals surface area contributed by atoms with Crippen molar-refractivity contribution in [2.75, 3.05) is 18.9 Å². The number of carbonyl (C=O) groups excluding carboxylic acids is 1. The first-order valence-electron chi connectivity index (χ1n) is 7.56. The van der Waals surface area contributed by atoms with Crippen molar-refractivity contribution in [2.45, 2.75) is 26.3 Å². The van der Waals surface area contributed by atoms with E-state index in [9.17, 15) is 4.79 Å². The molecule has 0 aliphatic carbocycles. The van der Waals surface area contributed by atoms with E-state index in [1.165, 1.54) is 0 Å². The second kappa shape index (κ2) is 6.17. The number of nitrogens with one attached hydrogen (secondary N) is 1. The van der Waals surface area contributed by atoms with E-state index >= 15 is 0 Å². The molecular formula is C16H21N5O. The molecule has 116 valence electrons. The second-order valence-electron chi connectivity index (χ2n) is 5.89. The third-order valence-corrected chi connectivity index (χ3v) is 4.08. The highest BCUT2D eigenvalue weighted by molar-refractivity contribution is 5.89. The second-order valence-corrected chi connectivity index (χ2v) is 5.89. The zero-order valence-corrected chi connectivity index (χ0v) is 13.0. The molecule has 2 aromatic heterocycles. The van der Waals surface area contributed by atoms with Gasteiger partial charge in [-0.05, 0) is 31.4 Å². The van der Waals surface area contributed by atoms with Gasteiger partial charge in [-0.3, -0.25) is 4.98 Å². The summed E-state index contributed by atoms with van der Waals surface area (Å²) in [6.45, 7) is 3.63. The summed E-state index contributed by atoms with van der Waals surface area (Å²) >= 11 is 0. The number of anilines is 1. The first-order valence-corrected chi connectivity index (χ1v) is 7.56. The Morgan fingerprint density at radius 1 is 1.45 bits per heavy atom. The van der Waals surface area contributed by atoms with Crippen molar-refractivity contribution >= 4 is 11.7 Å². The molecule has 0 aromatic carbocycles. The van der Waals surface area contributed by atoms with Gasteiger partial charge < -0.3 is 14.8 Å². The van der Waals surface area contributed by atoms with Crippen LogP contribution in [0.4, 0.5) is 10.5 Å². The van der Waals surface area contributed by atoms with Crippen molar-refractivity contribution in [3.63, 3.8) is 0 Å². The van der Waals surface area contributed by atoms with Crippen LogP contribution in [0.3, 0.4) is 0 Å². The monoisotopic (exact) mass is 299 g/mol. The Morgan fingerprint density at radius 3 is 3.14 bits per heavy atom. The number of fused-ring (bicyclic) bond motifs is 1. The van der Waals surface area contributed by atoms with Crippen LogP contribution in [0.15, 0.2) is 30.7 Å². The molecule has 0 fully saturated rings. The van der Waals surface area contributed by atoms with Crippen molar-refractivity contribution in [1.82, 2.24) is 19.4 Å². The normalized spacial score (nSPS) is 16.9. The quantitative estimate of drug-likeness (QED) is 0.946. The van der Waals surface area contributed by atoms with Crippen LogP contribution in [-0.2, 0) is 13.0 Å². The lowest BCUT2D eigenvalue weighted by Crippen LogP contribution is -2.37. The fourth-order valence-electron chi connectivity index (χ4n) is 2.88. The number of carbonyl (C=O) groups is 1. The highest BCUT2D eigenvalue weighted by atomic mass is 16.2. The van der Waals surface area contributed by atoms with Gasteiger partial charge >= 0.3 is 6.03 Å². The van der Waals surface area contributed by atoms with E-state index in [0.717, 1.165) is 43.1 Å². The number of aromatic nitrogens is 3. The van der Waals surface area contributed by atoms with Crippen molar-refractivity contribution in [1.29, 1.82) is 0 Å².